The fourth-order valence-corrected chi connectivity index (χ4v) is 2.11. The molecular formula is C17H25N3O3. The Hall–Kier alpha value is -2.37. The number of carbonyl (C=O) groups is 3. The second kappa shape index (κ2) is 9.61. The zero-order chi connectivity index (χ0) is 17.2. The number of nitrogens with zero attached hydrogens (tertiary/aromatic N) is 1. The largest absolute Gasteiger partial charge is 0.355 e. The predicted octanol–water partition coefficient (Wildman–Crippen LogP) is 2.30. The van der Waals surface area contributed by atoms with Gasteiger partial charge in [-0.05, 0) is 30.7 Å². The normalized spacial score (nSPS) is 10.0. The summed E-state index contributed by atoms with van der Waals surface area (Å²) in [7, 11) is 0. The molecule has 0 unspecified atom stereocenters. The lowest BCUT2D eigenvalue weighted by Gasteiger charge is -2.21. The number of rotatable bonds is 8. The first kappa shape index (κ1) is 18.7. The van der Waals surface area contributed by atoms with Crippen molar-refractivity contribution in [3.63, 3.8) is 0 Å². The van der Waals surface area contributed by atoms with Crippen molar-refractivity contribution >= 4 is 29.1 Å². The molecule has 0 aliphatic carbocycles. The summed E-state index contributed by atoms with van der Waals surface area (Å²) in [6.07, 6.45) is 3.10. The Morgan fingerprint density at radius 1 is 1.04 bits per heavy atom. The van der Waals surface area contributed by atoms with Gasteiger partial charge in [0.15, 0.2) is 0 Å². The van der Waals surface area contributed by atoms with Crippen molar-refractivity contribution in [2.45, 2.75) is 40.0 Å². The maximum absolute atomic E-state index is 11.9. The molecule has 0 saturated carbocycles. The molecule has 0 aliphatic rings. The Kier molecular flexibility index (Phi) is 7.80. The van der Waals surface area contributed by atoms with Gasteiger partial charge < -0.3 is 15.5 Å². The molecule has 1 rings (SSSR count). The van der Waals surface area contributed by atoms with Crippen LogP contribution in [0.15, 0.2) is 24.3 Å². The van der Waals surface area contributed by atoms with E-state index in [1.54, 1.807) is 24.3 Å². The number of amides is 3. The molecule has 6 heteroatoms. The summed E-state index contributed by atoms with van der Waals surface area (Å²) in [5.41, 5.74) is 1.27. The Bertz CT molecular complexity index is 541. The van der Waals surface area contributed by atoms with Gasteiger partial charge in [-0.15, -0.1) is 0 Å². The SMILES string of the molecule is CCCCCNC(=O)CN(C(C)=O)c1ccc(NC(C)=O)cc1. The Morgan fingerprint density at radius 3 is 2.22 bits per heavy atom. The quantitative estimate of drug-likeness (QED) is 0.722. The van der Waals surface area contributed by atoms with Gasteiger partial charge in [-0.25, -0.2) is 0 Å². The molecule has 1 aromatic carbocycles. The Balaban J connectivity index is 2.65. The van der Waals surface area contributed by atoms with Crippen LogP contribution < -0.4 is 15.5 Å². The van der Waals surface area contributed by atoms with Crippen LogP contribution in [-0.4, -0.2) is 30.8 Å². The molecule has 0 bridgehead atoms. The van der Waals surface area contributed by atoms with Gasteiger partial charge in [0.1, 0.15) is 6.54 Å². The van der Waals surface area contributed by atoms with E-state index in [0.717, 1.165) is 19.3 Å². The van der Waals surface area contributed by atoms with E-state index in [2.05, 4.69) is 17.6 Å². The number of anilines is 2. The third-order valence-electron chi connectivity index (χ3n) is 3.28. The first-order valence-electron chi connectivity index (χ1n) is 7.86. The van der Waals surface area contributed by atoms with Gasteiger partial charge in [-0.1, -0.05) is 19.8 Å². The number of nitrogens with one attached hydrogen (secondary N) is 2. The van der Waals surface area contributed by atoms with Crippen molar-refractivity contribution in [3.8, 4) is 0 Å². The summed E-state index contributed by atoms with van der Waals surface area (Å²) in [5.74, 6) is -0.546. The highest BCUT2D eigenvalue weighted by Gasteiger charge is 2.15. The zero-order valence-electron chi connectivity index (χ0n) is 14.0. The third kappa shape index (κ3) is 6.95. The van der Waals surface area contributed by atoms with E-state index in [1.807, 2.05) is 0 Å². The topological polar surface area (TPSA) is 78.5 Å². The summed E-state index contributed by atoms with van der Waals surface area (Å²) in [5, 5.41) is 5.48. The fourth-order valence-electron chi connectivity index (χ4n) is 2.11. The summed E-state index contributed by atoms with van der Waals surface area (Å²) >= 11 is 0. The molecular weight excluding hydrogens is 294 g/mol. The van der Waals surface area contributed by atoms with Crippen LogP contribution in [0.4, 0.5) is 11.4 Å². The highest BCUT2D eigenvalue weighted by molar-refractivity contribution is 5.97. The fraction of sp³-hybridized carbons (Fsp3) is 0.471. The van der Waals surface area contributed by atoms with Crippen molar-refractivity contribution in [1.29, 1.82) is 0 Å². The lowest BCUT2D eigenvalue weighted by Crippen LogP contribution is -2.40. The maximum atomic E-state index is 11.9. The van der Waals surface area contributed by atoms with Crippen LogP contribution >= 0.6 is 0 Å². The highest BCUT2D eigenvalue weighted by Crippen LogP contribution is 2.18. The van der Waals surface area contributed by atoms with Crippen LogP contribution in [0.2, 0.25) is 0 Å². The summed E-state index contributed by atoms with van der Waals surface area (Å²) < 4.78 is 0. The van der Waals surface area contributed by atoms with E-state index in [-0.39, 0.29) is 24.3 Å². The van der Waals surface area contributed by atoms with Crippen molar-refractivity contribution in [2.75, 3.05) is 23.3 Å². The molecule has 126 valence electrons. The second-order valence-electron chi connectivity index (χ2n) is 5.39. The van der Waals surface area contributed by atoms with Crippen molar-refractivity contribution in [3.05, 3.63) is 24.3 Å². The van der Waals surface area contributed by atoms with E-state index in [0.29, 0.717) is 17.9 Å². The second-order valence-corrected chi connectivity index (χ2v) is 5.39. The monoisotopic (exact) mass is 319 g/mol. The molecule has 0 spiro atoms. The van der Waals surface area contributed by atoms with Gasteiger partial charge in [0.05, 0.1) is 0 Å². The summed E-state index contributed by atoms with van der Waals surface area (Å²) in [6.45, 7) is 5.56. The van der Waals surface area contributed by atoms with Crippen molar-refractivity contribution in [1.82, 2.24) is 5.32 Å². The van der Waals surface area contributed by atoms with Crippen LogP contribution in [0.1, 0.15) is 40.0 Å². The summed E-state index contributed by atoms with van der Waals surface area (Å²) in [6, 6.07) is 6.81. The van der Waals surface area contributed by atoms with E-state index in [4.69, 9.17) is 0 Å². The first-order valence-corrected chi connectivity index (χ1v) is 7.86. The maximum Gasteiger partial charge on any atom is 0.240 e. The van der Waals surface area contributed by atoms with E-state index < -0.39 is 0 Å². The molecule has 23 heavy (non-hydrogen) atoms. The van der Waals surface area contributed by atoms with Gasteiger partial charge in [-0.3, -0.25) is 14.4 Å². The minimum atomic E-state index is -0.207. The molecule has 1 aromatic rings. The van der Waals surface area contributed by atoms with Gasteiger partial charge in [0.25, 0.3) is 0 Å². The summed E-state index contributed by atoms with van der Waals surface area (Å²) in [4.78, 5) is 36.2. The number of unbranched alkanes of at least 4 members (excludes halogenated alkanes) is 2. The van der Waals surface area contributed by atoms with Crippen LogP contribution in [0.3, 0.4) is 0 Å². The van der Waals surface area contributed by atoms with Crippen LogP contribution in [-0.2, 0) is 14.4 Å². The molecule has 0 heterocycles. The van der Waals surface area contributed by atoms with Gasteiger partial charge >= 0.3 is 0 Å². The Labute approximate surface area is 137 Å². The van der Waals surface area contributed by atoms with E-state index in [1.165, 1.54) is 18.7 Å². The highest BCUT2D eigenvalue weighted by atomic mass is 16.2. The molecule has 6 nitrogen and oxygen atoms in total. The Morgan fingerprint density at radius 2 is 1.70 bits per heavy atom. The van der Waals surface area contributed by atoms with E-state index in [9.17, 15) is 14.4 Å². The van der Waals surface area contributed by atoms with Gasteiger partial charge in [0.2, 0.25) is 17.7 Å². The van der Waals surface area contributed by atoms with Crippen molar-refractivity contribution in [2.24, 2.45) is 0 Å². The van der Waals surface area contributed by atoms with Crippen LogP contribution in [0.5, 0.6) is 0 Å². The first-order chi connectivity index (χ1) is 10.9. The molecule has 0 fully saturated rings. The molecule has 0 aromatic heterocycles. The van der Waals surface area contributed by atoms with Crippen molar-refractivity contribution < 1.29 is 14.4 Å². The van der Waals surface area contributed by atoms with Gasteiger partial charge in [0, 0.05) is 31.8 Å². The number of carbonyl (C=O) groups excluding carboxylic acids is 3. The number of benzene rings is 1. The third-order valence-corrected chi connectivity index (χ3v) is 3.28. The van der Waals surface area contributed by atoms with Gasteiger partial charge in [-0.2, -0.15) is 0 Å². The lowest BCUT2D eigenvalue weighted by molar-refractivity contribution is -0.123. The van der Waals surface area contributed by atoms with E-state index >= 15 is 0 Å². The molecule has 3 amide bonds. The number of hydrogen-bond acceptors (Lipinski definition) is 3. The van der Waals surface area contributed by atoms with Crippen LogP contribution in [0, 0.1) is 0 Å². The smallest absolute Gasteiger partial charge is 0.240 e. The predicted molar refractivity (Wildman–Crippen MR) is 91.3 cm³/mol. The number of hydrogen-bond donors (Lipinski definition) is 2. The molecule has 0 radical (unpaired) electrons. The molecule has 0 saturated heterocycles. The molecule has 2 N–H and O–H groups in total. The standard InChI is InChI=1S/C17H25N3O3/c1-4-5-6-11-18-17(23)12-20(14(3)22)16-9-7-15(8-10-16)19-13(2)21/h7-10H,4-6,11-12H2,1-3H3,(H,18,23)(H,19,21). The zero-order valence-corrected chi connectivity index (χ0v) is 14.0. The lowest BCUT2D eigenvalue weighted by atomic mass is 10.2. The average molecular weight is 319 g/mol. The minimum absolute atomic E-state index is 0.0130. The molecule has 0 atom stereocenters. The molecule has 0 aliphatic heterocycles. The minimum Gasteiger partial charge on any atom is -0.355 e. The average Bonchev–Trinajstić information content (AvgIpc) is 2.49. The van der Waals surface area contributed by atoms with Crippen LogP contribution in [0.25, 0.3) is 0 Å².